The van der Waals surface area contributed by atoms with Gasteiger partial charge in [-0.3, -0.25) is 14.3 Å². The fourth-order valence-corrected chi connectivity index (χ4v) is 4.74. The molecule has 6 rings (SSSR count). The summed E-state index contributed by atoms with van der Waals surface area (Å²) in [6.45, 7) is 4.92. The van der Waals surface area contributed by atoms with Crippen molar-refractivity contribution in [1.82, 2.24) is 29.1 Å². The summed E-state index contributed by atoms with van der Waals surface area (Å²) in [5.74, 6) is 1.22. The van der Waals surface area contributed by atoms with Crippen LogP contribution in [0.1, 0.15) is 18.3 Å². The Labute approximate surface area is 198 Å². The van der Waals surface area contributed by atoms with Crippen LogP contribution in [0, 0.1) is 0 Å². The summed E-state index contributed by atoms with van der Waals surface area (Å²) in [5, 5.41) is 5.18. The number of nitrogens with two attached hydrogens (primary N) is 1. The highest BCUT2D eigenvalue weighted by atomic mass is 35.5. The number of rotatable bonds is 3. The summed E-state index contributed by atoms with van der Waals surface area (Å²) in [6.07, 6.45) is 4.06. The van der Waals surface area contributed by atoms with E-state index in [0.717, 1.165) is 5.57 Å². The van der Waals surface area contributed by atoms with Crippen molar-refractivity contribution in [3.8, 4) is 5.69 Å². The molecule has 0 bridgehead atoms. The maximum atomic E-state index is 13.7. The number of pyridine rings is 1. The van der Waals surface area contributed by atoms with Gasteiger partial charge in [-0.05, 0) is 42.3 Å². The third kappa shape index (κ3) is 3.05. The van der Waals surface area contributed by atoms with Crippen LogP contribution in [0.15, 0.2) is 77.9 Å². The molecule has 5 heterocycles. The maximum Gasteiger partial charge on any atom is 0.284 e. The molecule has 1 aliphatic rings. The molecule has 9 nitrogen and oxygen atoms in total. The number of nitrogens with zero attached hydrogens (tertiary/aromatic N) is 7. The molecule has 0 amide bonds. The van der Waals surface area contributed by atoms with Crippen molar-refractivity contribution in [3.05, 3.63) is 94.3 Å². The van der Waals surface area contributed by atoms with E-state index in [4.69, 9.17) is 22.4 Å². The second-order valence-electron chi connectivity index (χ2n) is 8.07. The summed E-state index contributed by atoms with van der Waals surface area (Å²) >= 11 is 6.34. The Hall–Kier alpha value is -4.24. The maximum absolute atomic E-state index is 13.7. The van der Waals surface area contributed by atoms with Crippen molar-refractivity contribution in [2.75, 3.05) is 17.2 Å². The number of anilines is 2. The molecule has 0 aliphatic carbocycles. The lowest BCUT2D eigenvalue weighted by atomic mass is 10.1. The standard InChI is InChI=1S/C24H19ClN8O/c1-14-9-12-31(21-18-17(8-5-11-27-18)28-24(26)29-21)19(14)22-30-32-13-10-16(25)20(32)23(34)33(22)15-6-3-2-4-7-15/h2-8,10-11,13,19H,1,9,12H2,(H2,26,28,29). The molecule has 1 aromatic carbocycles. The Morgan fingerprint density at radius 2 is 1.91 bits per heavy atom. The van der Waals surface area contributed by atoms with E-state index in [1.165, 1.54) is 4.52 Å². The first kappa shape index (κ1) is 20.4. The molecule has 1 unspecified atom stereocenters. The highest BCUT2D eigenvalue weighted by Gasteiger charge is 2.36. The van der Waals surface area contributed by atoms with E-state index in [9.17, 15) is 4.79 Å². The van der Waals surface area contributed by atoms with Gasteiger partial charge in [-0.1, -0.05) is 36.4 Å². The van der Waals surface area contributed by atoms with Crippen LogP contribution in [0.2, 0.25) is 5.02 Å². The molecule has 1 atom stereocenters. The van der Waals surface area contributed by atoms with E-state index in [1.807, 2.05) is 41.3 Å². The fraction of sp³-hybridized carbons (Fsp3) is 0.125. The molecular formula is C24H19ClN8O. The minimum absolute atomic E-state index is 0.146. The molecule has 10 heteroatoms. The Morgan fingerprint density at radius 1 is 1.09 bits per heavy atom. The molecular weight excluding hydrogens is 452 g/mol. The topological polar surface area (TPSA) is 107 Å². The van der Waals surface area contributed by atoms with Crippen molar-refractivity contribution in [2.45, 2.75) is 12.5 Å². The number of hydrogen-bond donors (Lipinski definition) is 1. The van der Waals surface area contributed by atoms with Crippen molar-refractivity contribution in [3.63, 3.8) is 0 Å². The third-order valence-electron chi connectivity index (χ3n) is 6.02. The van der Waals surface area contributed by atoms with Crippen molar-refractivity contribution < 1.29 is 0 Å². The molecule has 1 saturated heterocycles. The van der Waals surface area contributed by atoms with Gasteiger partial charge in [0.15, 0.2) is 11.6 Å². The number of nitrogen functional groups attached to an aromatic ring is 1. The summed E-state index contributed by atoms with van der Waals surface area (Å²) in [6, 6.07) is 14.2. The lowest BCUT2D eigenvalue weighted by molar-refractivity contribution is 0.654. The smallest absolute Gasteiger partial charge is 0.284 e. The summed E-state index contributed by atoms with van der Waals surface area (Å²) in [7, 11) is 0. The number of aromatic nitrogens is 6. The molecule has 0 spiro atoms. The summed E-state index contributed by atoms with van der Waals surface area (Å²) in [4.78, 5) is 29.1. The highest BCUT2D eigenvalue weighted by molar-refractivity contribution is 6.33. The highest BCUT2D eigenvalue weighted by Crippen LogP contribution is 2.40. The van der Waals surface area contributed by atoms with E-state index >= 15 is 0 Å². The van der Waals surface area contributed by atoms with Gasteiger partial charge in [0.2, 0.25) is 5.95 Å². The number of fused-ring (bicyclic) bond motifs is 2. The van der Waals surface area contributed by atoms with Gasteiger partial charge < -0.3 is 10.6 Å². The van der Waals surface area contributed by atoms with Crippen LogP contribution in [-0.4, -0.2) is 35.7 Å². The van der Waals surface area contributed by atoms with Crippen molar-refractivity contribution in [1.29, 1.82) is 0 Å². The van der Waals surface area contributed by atoms with Gasteiger partial charge in [0.05, 0.1) is 16.2 Å². The third-order valence-corrected chi connectivity index (χ3v) is 6.32. The number of hydrogen-bond acceptors (Lipinski definition) is 7. The zero-order valence-electron chi connectivity index (χ0n) is 18.0. The van der Waals surface area contributed by atoms with Gasteiger partial charge in [0.1, 0.15) is 17.1 Å². The Bertz CT molecular complexity index is 1640. The molecule has 2 N–H and O–H groups in total. The average Bonchev–Trinajstić information content (AvgIpc) is 3.41. The van der Waals surface area contributed by atoms with Gasteiger partial charge >= 0.3 is 0 Å². The SMILES string of the molecule is C=C1CCN(c2nc(N)nc3cccnc23)C1c1nn2ccc(Cl)c2c(=O)n1-c1ccccc1. The summed E-state index contributed by atoms with van der Waals surface area (Å²) < 4.78 is 3.11. The van der Waals surface area contributed by atoms with Gasteiger partial charge in [-0.25, -0.2) is 9.50 Å². The lowest BCUT2D eigenvalue weighted by Crippen LogP contribution is -2.34. The summed E-state index contributed by atoms with van der Waals surface area (Å²) in [5.41, 5.74) is 8.93. The van der Waals surface area contributed by atoms with Crippen molar-refractivity contribution in [2.24, 2.45) is 0 Å². The Balaban J connectivity index is 1.64. The largest absolute Gasteiger partial charge is 0.368 e. The van der Waals surface area contributed by atoms with E-state index in [-0.39, 0.29) is 11.5 Å². The zero-order chi connectivity index (χ0) is 23.4. The van der Waals surface area contributed by atoms with Crippen LogP contribution in [0.25, 0.3) is 22.2 Å². The molecule has 1 fully saturated rings. The van der Waals surface area contributed by atoms with Crippen LogP contribution in [0.5, 0.6) is 0 Å². The molecule has 5 aromatic rings. The number of para-hydroxylation sites is 1. The monoisotopic (exact) mass is 470 g/mol. The molecule has 1 aliphatic heterocycles. The van der Waals surface area contributed by atoms with E-state index < -0.39 is 6.04 Å². The van der Waals surface area contributed by atoms with Crippen LogP contribution < -0.4 is 16.2 Å². The predicted molar refractivity (Wildman–Crippen MR) is 131 cm³/mol. The molecule has 34 heavy (non-hydrogen) atoms. The van der Waals surface area contributed by atoms with Crippen molar-refractivity contribution >= 4 is 39.9 Å². The zero-order valence-corrected chi connectivity index (χ0v) is 18.7. The number of benzene rings is 1. The Morgan fingerprint density at radius 3 is 2.74 bits per heavy atom. The predicted octanol–water partition coefficient (Wildman–Crippen LogP) is 3.57. The number of halogens is 1. The van der Waals surface area contributed by atoms with Crippen LogP contribution >= 0.6 is 11.6 Å². The van der Waals surface area contributed by atoms with Gasteiger partial charge in [0, 0.05) is 18.9 Å². The average molecular weight is 471 g/mol. The second kappa shape index (κ2) is 7.67. The van der Waals surface area contributed by atoms with Crippen LogP contribution in [0.4, 0.5) is 11.8 Å². The minimum Gasteiger partial charge on any atom is -0.368 e. The van der Waals surface area contributed by atoms with E-state index in [1.54, 1.807) is 29.1 Å². The second-order valence-corrected chi connectivity index (χ2v) is 8.48. The Kier molecular flexibility index (Phi) is 4.59. The normalized spacial score (nSPS) is 16.1. The van der Waals surface area contributed by atoms with Crippen LogP contribution in [-0.2, 0) is 0 Å². The molecule has 168 valence electrons. The first-order valence-corrected chi connectivity index (χ1v) is 11.1. The van der Waals surface area contributed by atoms with Gasteiger partial charge in [-0.15, -0.1) is 0 Å². The van der Waals surface area contributed by atoms with E-state index in [2.05, 4.69) is 21.5 Å². The quantitative estimate of drug-likeness (QED) is 0.401. The fourth-order valence-electron chi connectivity index (χ4n) is 4.52. The molecule has 4 aromatic heterocycles. The molecule has 0 saturated carbocycles. The van der Waals surface area contributed by atoms with Gasteiger partial charge in [0.25, 0.3) is 5.56 Å². The minimum atomic E-state index is -0.446. The van der Waals surface area contributed by atoms with Gasteiger partial charge in [-0.2, -0.15) is 10.1 Å². The lowest BCUT2D eigenvalue weighted by Gasteiger charge is -2.28. The molecule has 0 radical (unpaired) electrons. The first-order chi connectivity index (χ1) is 16.5. The van der Waals surface area contributed by atoms with Crippen LogP contribution in [0.3, 0.4) is 0 Å². The first-order valence-electron chi connectivity index (χ1n) is 10.7. The van der Waals surface area contributed by atoms with E-state index in [0.29, 0.717) is 51.9 Å².